The molecule has 0 aliphatic heterocycles. The number of esters is 1. The zero-order valence-corrected chi connectivity index (χ0v) is 13.9. The topological polar surface area (TPSA) is 39.2 Å². The van der Waals surface area contributed by atoms with Gasteiger partial charge in [0.05, 0.1) is 12.3 Å². The summed E-state index contributed by atoms with van der Waals surface area (Å²) >= 11 is 1.38. The van der Waals surface area contributed by atoms with Crippen molar-refractivity contribution in [1.29, 1.82) is 0 Å². The molecule has 0 aliphatic carbocycles. The van der Waals surface area contributed by atoms with E-state index in [-0.39, 0.29) is 5.97 Å². The maximum absolute atomic E-state index is 12.3. The van der Waals surface area contributed by atoms with Crippen LogP contribution >= 0.6 is 11.3 Å². The van der Waals surface area contributed by atoms with Crippen LogP contribution in [0.5, 0.6) is 0 Å². The highest BCUT2D eigenvalue weighted by Gasteiger charge is 2.21. The maximum Gasteiger partial charge on any atom is 0.350 e. The molecule has 0 bridgehead atoms. The second-order valence-corrected chi connectivity index (χ2v) is 6.10. The van der Waals surface area contributed by atoms with Crippen LogP contribution in [0, 0.1) is 6.92 Å². The van der Waals surface area contributed by atoms with Gasteiger partial charge in [-0.25, -0.2) is 9.78 Å². The minimum Gasteiger partial charge on any atom is -0.462 e. The largest absolute Gasteiger partial charge is 0.462 e. The van der Waals surface area contributed by atoms with Crippen molar-refractivity contribution in [2.24, 2.45) is 0 Å². The molecule has 4 heteroatoms. The smallest absolute Gasteiger partial charge is 0.350 e. The van der Waals surface area contributed by atoms with Gasteiger partial charge in [-0.3, -0.25) is 0 Å². The van der Waals surface area contributed by atoms with Gasteiger partial charge in [-0.1, -0.05) is 54.6 Å². The summed E-state index contributed by atoms with van der Waals surface area (Å²) < 4.78 is 5.20. The molecule has 0 N–H and O–H groups in total. The van der Waals surface area contributed by atoms with Crippen molar-refractivity contribution in [3.63, 3.8) is 0 Å². The van der Waals surface area contributed by atoms with Crippen molar-refractivity contribution < 1.29 is 9.53 Å². The number of hydrogen-bond donors (Lipinski definition) is 0. The molecule has 1 aromatic heterocycles. The van der Waals surface area contributed by atoms with Gasteiger partial charge in [0.1, 0.15) is 9.88 Å². The van der Waals surface area contributed by atoms with Crippen LogP contribution in [-0.2, 0) is 4.74 Å². The Bertz CT molecular complexity index is 824. The molecule has 0 aliphatic rings. The predicted octanol–water partition coefficient (Wildman–Crippen LogP) is 4.96. The number of carbonyl (C=O) groups excluding carboxylic acids is 1. The minimum atomic E-state index is -0.316. The van der Waals surface area contributed by atoms with E-state index in [1.165, 1.54) is 11.3 Å². The molecule has 0 atom stereocenters. The number of rotatable bonds is 4. The predicted molar refractivity (Wildman–Crippen MR) is 93.7 cm³/mol. The molecule has 23 heavy (non-hydrogen) atoms. The summed E-state index contributed by atoms with van der Waals surface area (Å²) in [4.78, 5) is 17.6. The summed E-state index contributed by atoms with van der Waals surface area (Å²) in [6.45, 7) is 4.21. The van der Waals surface area contributed by atoms with Crippen molar-refractivity contribution in [1.82, 2.24) is 4.98 Å². The lowest BCUT2D eigenvalue weighted by Gasteiger charge is -2.01. The zero-order valence-electron chi connectivity index (χ0n) is 13.1. The van der Waals surface area contributed by atoms with E-state index in [0.29, 0.717) is 17.2 Å². The SMILES string of the molecule is CCOC(=O)c1sc(-c2ccccc2C)nc1-c1ccccc1. The Balaban J connectivity index is 2.14. The monoisotopic (exact) mass is 323 g/mol. The molecule has 0 saturated heterocycles. The summed E-state index contributed by atoms with van der Waals surface area (Å²) in [5.74, 6) is -0.316. The van der Waals surface area contributed by atoms with Crippen molar-refractivity contribution >= 4 is 17.3 Å². The van der Waals surface area contributed by atoms with Crippen molar-refractivity contribution in [2.45, 2.75) is 13.8 Å². The third kappa shape index (κ3) is 3.17. The van der Waals surface area contributed by atoms with E-state index in [4.69, 9.17) is 9.72 Å². The van der Waals surface area contributed by atoms with Crippen molar-refractivity contribution in [2.75, 3.05) is 6.61 Å². The van der Waals surface area contributed by atoms with E-state index in [2.05, 4.69) is 0 Å². The highest BCUT2D eigenvalue weighted by molar-refractivity contribution is 7.17. The first-order valence-corrected chi connectivity index (χ1v) is 8.31. The lowest BCUT2D eigenvalue weighted by Crippen LogP contribution is -2.03. The molecule has 0 saturated carbocycles. The van der Waals surface area contributed by atoms with Crippen molar-refractivity contribution in [3.05, 3.63) is 65.0 Å². The molecular weight excluding hydrogens is 306 g/mol. The molecule has 3 rings (SSSR count). The number of aromatic nitrogens is 1. The number of ether oxygens (including phenoxy) is 1. The van der Waals surface area contributed by atoms with Gasteiger partial charge in [-0.15, -0.1) is 11.3 Å². The Labute approximate surface area is 139 Å². The summed E-state index contributed by atoms with van der Waals surface area (Å²) in [6.07, 6.45) is 0. The van der Waals surface area contributed by atoms with Crippen LogP contribution in [0.15, 0.2) is 54.6 Å². The first kappa shape index (κ1) is 15.4. The summed E-state index contributed by atoms with van der Waals surface area (Å²) in [5, 5.41) is 0.838. The van der Waals surface area contributed by atoms with Gasteiger partial charge in [0.2, 0.25) is 0 Å². The average molecular weight is 323 g/mol. The standard InChI is InChI=1S/C19H17NO2S/c1-3-22-19(21)17-16(14-10-5-4-6-11-14)20-18(23-17)15-12-8-7-9-13(15)2/h4-12H,3H2,1-2H3. The van der Waals surface area contributed by atoms with E-state index in [1.807, 2.05) is 68.4 Å². The summed E-state index contributed by atoms with van der Waals surface area (Å²) in [6, 6.07) is 17.8. The first-order chi connectivity index (χ1) is 11.2. The number of aryl methyl sites for hydroxylation is 1. The van der Waals surface area contributed by atoms with Gasteiger partial charge in [-0.05, 0) is 19.4 Å². The quantitative estimate of drug-likeness (QED) is 0.637. The lowest BCUT2D eigenvalue weighted by molar-refractivity contribution is 0.0532. The molecule has 0 fully saturated rings. The molecule has 0 spiro atoms. The first-order valence-electron chi connectivity index (χ1n) is 7.50. The number of benzene rings is 2. The number of thiazole rings is 1. The Morgan fingerprint density at radius 2 is 1.78 bits per heavy atom. The van der Waals surface area contributed by atoms with Crippen LogP contribution in [0.3, 0.4) is 0 Å². The van der Waals surface area contributed by atoms with Crippen LogP contribution in [0.4, 0.5) is 0 Å². The Hall–Kier alpha value is -2.46. The number of carbonyl (C=O) groups is 1. The summed E-state index contributed by atoms with van der Waals surface area (Å²) in [7, 11) is 0. The second kappa shape index (κ2) is 6.75. The Morgan fingerprint density at radius 3 is 2.48 bits per heavy atom. The maximum atomic E-state index is 12.3. The molecule has 2 aromatic carbocycles. The van der Waals surface area contributed by atoms with Gasteiger partial charge in [0.15, 0.2) is 0 Å². The Morgan fingerprint density at radius 1 is 1.09 bits per heavy atom. The fourth-order valence-electron chi connectivity index (χ4n) is 2.37. The van der Waals surface area contributed by atoms with Crippen LogP contribution in [0.2, 0.25) is 0 Å². The van der Waals surface area contributed by atoms with Crippen LogP contribution < -0.4 is 0 Å². The van der Waals surface area contributed by atoms with Crippen LogP contribution in [0.1, 0.15) is 22.2 Å². The highest BCUT2D eigenvalue weighted by Crippen LogP contribution is 2.35. The fraction of sp³-hybridized carbons (Fsp3) is 0.158. The molecule has 3 nitrogen and oxygen atoms in total. The molecule has 0 radical (unpaired) electrons. The third-order valence-electron chi connectivity index (χ3n) is 3.51. The van der Waals surface area contributed by atoms with E-state index in [1.54, 1.807) is 0 Å². The van der Waals surface area contributed by atoms with E-state index in [0.717, 1.165) is 21.7 Å². The van der Waals surface area contributed by atoms with Gasteiger partial charge in [0, 0.05) is 11.1 Å². The second-order valence-electron chi connectivity index (χ2n) is 5.10. The zero-order chi connectivity index (χ0) is 16.2. The summed E-state index contributed by atoms with van der Waals surface area (Å²) in [5.41, 5.74) is 3.79. The molecule has 116 valence electrons. The normalized spacial score (nSPS) is 10.5. The van der Waals surface area contributed by atoms with Gasteiger partial charge >= 0.3 is 5.97 Å². The lowest BCUT2D eigenvalue weighted by atomic mass is 10.1. The molecule has 1 heterocycles. The van der Waals surface area contributed by atoms with Gasteiger partial charge in [0.25, 0.3) is 0 Å². The molecule has 0 unspecified atom stereocenters. The van der Waals surface area contributed by atoms with Crippen LogP contribution in [-0.4, -0.2) is 17.6 Å². The van der Waals surface area contributed by atoms with E-state index < -0.39 is 0 Å². The van der Waals surface area contributed by atoms with E-state index in [9.17, 15) is 4.79 Å². The number of nitrogens with zero attached hydrogens (tertiary/aromatic N) is 1. The molecule has 0 amide bonds. The molecule has 3 aromatic rings. The number of hydrogen-bond acceptors (Lipinski definition) is 4. The van der Waals surface area contributed by atoms with Crippen molar-refractivity contribution in [3.8, 4) is 21.8 Å². The third-order valence-corrected chi connectivity index (χ3v) is 4.58. The van der Waals surface area contributed by atoms with Crippen LogP contribution in [0.25, 0.3) is 21.8 Å². The van der Waals surface area contributed by atoms with Gasteiger partial charge in [-0.2, -0.15) is 0 Å². The average Bonchev–Trinajstić information content (AvgIpc) is 3.01. The van der Waals surface area contributed by atoms with E-state index >= 15 is 0 Å². The Kier molecular flexibility index (Phi) is 4.53. The minimum absolute atomic E-state index is 0.316. The fourth-order valence-corrected chi connectivity index (χ4v) is 3.45. The van der Waals surface area contributed by atoms with Gasteiger partial charge < -0.3 is 4.74 Å². The molecular formula is C19H17NO2S. The highest BCUT2D eigenvalue weighted by atomic mass is 32.1.